The molecule has 0 atom stereocenters. The summed E-state index contributed by atoms with van der Waals surface area (Å²) < 4.78 is 5.04. The standard InChI is InChI=1S/C17H21N5O2/c1-11-10-19-17(22-16(11)18-7-8-24-2)20-13-4-5-14-12(9-13)3-6-15(23)21-14/h4-5,9-10H,3,6-8H2,1-2H3,(H,21,23)(H2,18,19,20,22). The minimum Gasteiger partial charge on any atom is -0.383 e. The zero-order chi connectivity index (χ0) is 16.9. The third kappa shape index (κ3) is 3.80. The first-order valence-corrected chi connectivity index (χ1v) is 7.92. The second-order valence-corrected chi connectivity index (χ2v) is 5.69. The lowest BCUT2D eigenvalue weighted by Gasteiger charge is -2.18. The number of hydrogen-bond donors (Lipinski definition) is 3. The first-order valence-electron chi connectivity index (χ1n) is 7.92. The molecule has 1 aromatic heterocycles. The maximum absolute atomic E-state index is 11.4. The highest BCUT2D eigenvalue weighted by molar-refractivity contribution is 5.94. The molecule has 0 saturated heterocycles. The largest absolute Gasteiger partial charge is 0.383 e. The van der Waals surface area contributed by atoms with E-state index in [1.807, 2.05) is 25.1 Å². The molecule has 1 amide bonds. The van der Waals surface area contributed by atoms with Crippen molar-refractivity contribution >= 4 is 29.0 Å². The van der Waals surface area contributed by atoms with Crippen molar-refractivity contribution in [2.45, 2.75) is 19.8 Å². The summed E-state index contributed by atoms with van der Waals surface area (Å²) >= 11 is 0. The van der Waals surface area contributed by atoms with E-state index in [4.69, 9.17) is 4.74 Å². The Kier molecular flexibility index (Phi) is 4.90. The summed E-state index contributed by atoms with van der Waals surface area (Å²) in [5.74, 6) is 1.38. The van der Waals surface area contributed by atoms with Gasteiger partial charge in [0, 0.05) is 43.2 Å². The van der Waals surface area contributed by atoms with Crippen LogP contribution in [0.4, 0.5) is 23.1 Å². The molecule has 2 aromatic rings. The quantitative estimate of drug-likeness (QED) is 0.707. The SMILES string of the molecule is COCCNc1nc(Nc2ccc3c(c2)CCC(=O)N3)ncc1C. The summed E-state index contributed by atoms with van der Waals surface area (Å²) in [6.45, 7) is 3.26. The van der Waals surface area contributed by atoms with E-state index in [9.17, 15) is 4.79 Å². The van der Waals surface area contributed by atoms with Gasteiger partial charge >= 0.3 is 0 Å². The predicted molar refractivity (Wildman–Crippen MR) is 93.8 cm³/mol. The molecule has 0 unspecified atom stereocenters. The lowest BCUT2D eigenvalue weighted by atomic mass is 10.0. The minimum atomic E-state index is 0.0665. The molecular weight excluding hydrogens is 306 g/mol. The van der Waals surface area contributed by atoms with Crippen molar-refractivity contribution in [1.82, 2.24) is 9.97 Å². The molecule has 0 spiro atoms. The van der Waals surface area contributed by atoms with Crippen molar-refractivity contribution in [3.05, 3.63) is 35.5 Å². The van der Waals surface area contributed by atoms with Crippen LogP contribution in [0.1, 0.15) is 17.5 Å². The van der Waals surface area contributed by atoms with Crippen LogP contribution in [-0.4, -0.2) is 36.1 Å². The zero-order valence-electron chi connectivity index (χ0n) is 13.8. The van der Waals surface area contributed by atoms with Crippen LogP contribution in [0.15, 0.2) is 24.4 Å². The van der Waals surface area contributed by atoms with Crippen LogP contribution < -0.4 is 16.0 Å². The molecule has 126 valence electrons. The highest BCUT2D eigenvalue weighted by Crippen LogP contribution is 2.27. The van der Waals surface area contributed by atoms with E-state index < -0.39 is 0 Å². The summed E-state index contributed by atoms with van der Waals surface area (Å²) in [5, 5.41) is 9.32. The monoisotopic (exact) mass is 327 g/mol. The molecule has 24 heavy (non-hydrogen) atoms. The molecule has 0 fully saturated rings. The van der Waals surface area contributed by atoms with Gasteiger partial charge in [0.15, 0.2) is 0 Å². The number of amides is 1. The number of fused-ring (bicyclic) bond motifs is 1. The topological polar surface area (TPSA) is 88.2 Å². The number of carbonyl (C=O) groups is 1. The van der Waals surface area contributed by atoms with Crippen molar-refractivity contribution in [2.75, 3.05) is 36.2 Å². The molecule has 3 rings (SSSR count). The van der Waals surface area contributed by atoms with Gasteiger partial charge in [0.25, 0.3) is 0 Å². The number of carbonyl (C=O) groups excluding carboxylic acids is 1. The van der Waals surface area contributed by atoms with E-state index in [1.54, 1.807) is 13.3 Å². The van der Waals surface area contributed by atoms with Gasteiger partial charge in [-0.1, -0.05) is 0 Å². The highest BCUT2D eigenvalue weighted by atomic mass is 16.5. The van der Waals surface area contributed by atoms with Gasteiger partial charge in [-0.3, -0.25) is 4.79 Å². The van der Waals surface area contributed by atoms with Crippen molar-refractivity contribution in [3.8, 4) is 0 Å². The summed E-state index contributed by atoms with van der Waals surface area (Å²) in [5.41, 5.74) is 3.87. The Morgan fingerprint density at radius 3 is 3.04 bits per heavy atom. The molecule has 2 heterocycles. The summed E-state index contributed by atoms with van der Waals surface area (Å²) in [7, 11) is 1.67. The Bertz CT molecular complexity index is 748. The summed E-state index contributed by atoms with van der Waals surface area (Å²) in [6.07, 6.45) is 3.05. The Hall–Kier alpha value is -2.67. The van der Waals surface area contributed by atoms with E-state index in [-0.39, 0.29) is 5.91 Å². The average molecular weight is 327 g/mol. The molecule has 0 radical (unpaired) electrons. The molecule has 7 nitrogen and oxygen atoms in total. The van der Waals surface area contributed by atoms with Crippen LogP contribution in [0.2, 0.25) is 0 Å². The van der Waals surface area contributed by atoms with E-state index in [1.165, 1.54) is 0 Å². The normalized spacial score (nSPS) is 13.2. The number of aryl methyl sites for hydroxylation is 2. The molecule has 0 saturated carbocycles. The fraction of sp³-hybridized carbons (Fsp3) is 0.353. The average Bonchev–Trinajstić information content (AvgIpc) is 2.58. The first kappa shape index (κ1) is 16.2. The van der Waals surface area contributed by atoms with Crippen LogP contribution in [0, 0.1) is 6.92 Å². The van der Waals surface area contributed by atoms with E-state index in [2.05, 4.69) is 25.9 Å². The van der Waals surface area contributed by atoms with E-state index >= 15 is 0 Å². The Morgan fingerprint density at radius 2 is 2.21 bits per heavy atom. The fourth-order valence-electron chi connectivity index (χ4n) is 2.54. The number of anilines is 4. The van der Waals surface area contributed by atoms with Crippen molar-refractivity contribution in [3.63, 3.8) is 0 Å². The van der Waals surface area contributed by atoms with Crippen LogP contribution in [0.5, 0.6) is 0 Å². The molecule has 1 aromatic carbocycles. The number of nitrogens with one attached hydrogen (secondary N) is 3. The number of nitrogens with zero attached hydrogens (tertiary/aromatic N) is 2. The van der Waals surface area contributed by atoms with Gasteiger partial charge in [-0.25, -0.2) is 4.98 Å². The van der Waals surface area contributed by atoms with Crippen LogP contribution in [-0.2, 0) is 16.0 Å². The molecule has 3 N–H and O–H groups in total. The Labute approximate surface area is 140 Å². The van der Waals surface area contributed by atoms with Crippen molar-refractivity contribution in [1.29, 1.82) is 0 Å². The third-order valence-corrected chi connectivity index (χ3v) is 3.83. The summed E-state index contributed by atoms with van der Waals surface area (Å²) in [4.78, 5) is 20.2. The van der Waals surface area contributed by atoms with Crippen LogP contribution in [0.3, 0.4) is 0 Å². The molecule has 1 aliphatic heterocycles. The summed E-state index contributed by atoms with van der Waals surface area (Å²) in [6, 6.07) is 5.84. The molecular formula is C17H21N5O2. The number of aromatic nitrogens is 2. The minimum absolute atomic E-state index is 0.0665. The highest BCUT2D eigenvalue weighted by Gasteiger charge is 2.15. The van der Waals surface area contributed by atoms with Crippen molar-refractivity contribution in [2.24, 2.45) is 0 Å². The Morgan fingerprint density at radius 1 is 1.33 bits per heavy atom. The zero-order valence-corrected chi connectivity index (χ0v) is 13.8. The molecule has 1 aliphatic rings. The second-order valence-electron chi connectivity index (χ2n) is 5.69. The predicted octanol–water partition coefficient (Wildman–Crippen LogP) is 2.47. The molecule has 0 bridgehead atoms. The number of rotatable bonds is 6. The number of benzene rings is 1. The van der Waals surface area contributed by atoms with Gasteiger partial charge in [0.05, 0.1) is 6.61 Å². The van der Waals surface area contributed by atoms with Crippen LogP contribution >= 0.6 is 0 Å². The molecule has 7 heteroatoms. The van der Waals surface area contributed by atoms with Crippen molar-refractivity contribution < 1.29 is 9.53 Å². The number of hydrogen-bond acceptors (Lipinski definition) is 6. The lowest BCUT2D eigenvalue weighted by Crippen LogP contribution is -2.18. The van der Waals surface area contributed by atoms with Gasteiger partial charge in [-0.2, -0.15) is 4.98 Å². The number of ether oxygens (including phenoxy) is 1. The third-order valence-electron chi connectivity index (χ3n) is 3.83. The van der Waals surface area contributed by atoms with Gasteiger partial charge in [0.2, 0.25) is 11.9 Å². The van der Waals surface area contributed by atoms with E-state index in [0.29, 0.717) is 25.5 Å². The second kappa shape index (κ2) is 7.27. The van der Waals surface area contributed by atoms with Gasteiger partial charge in [0.1, 0.15) is 5.82 Å². The maximum atomic E-state index is 11.4. The van der Waals surface area contributed by atoms with E-state index in [0.717, 1.165) is 34.7 Å². The first-order chi connectivity index (χ1) is 11.7. The maximum Gasteiger partial charge on any atom is 0.229 e. The lowest BCUT2D eigenvalue weighted by molar-refractivity contribution is -0.116. The van der Waals surface area contributed by atoms with Gasteiger partial charge in [-0.15, -0.1) is 0 Å². The smallest absolute Gasteiger partial charge is 0.229 e. The van der Waals surface area contributed by atoms with Crippen LogP contribution in [0.25, 0.3) is 0 Å². The molecule has 0 aliphatic carbocycles. The van der Waals surface area contributed by atoms with Gasteiger partial charge in [-0.05, 0) is 37.1 Å². The fourth-order valence-corrected chi connectivity index (χ4v) is 2.54. The van der Waals surface area contributed by atoms with Gasteiger partial charge < -0.3 is 20.7 Å². The number of methoxy groups -OCH3 is 1. The Balaban J connectivity index is 1.74.